The van der Waals surface area contributed by atoms with Gasteiger partial charge in [-0.25, -0.2) is 13.9 Å². The molecule has 0 saturated carbocycles. The molecule has 1 aromatic heterocycles. The van der Waals surface area contributed by atoms with Gasteiger partial charge < -0.3 is 50.1 Å². The SMILES string of the molecule is [N-]=[N+]=NCC(=O)N[C@H]1[C@@H](OP(=O)(O)OP(=O)(O)OC[C@H]2O[C@@H](n3ccc(=O)[nH]c3=O)[C@H](O)[C@@H]2O)O[C@H](CO)[C@@H](O)[C@@H]1O. The fraction of sp³-hybridized carbons (Fsp3) is 0.706. The zero-order valence-electron chi connectivity index (χ0n) is 20.9. The molecule has 9 N–H and O–H groups in total. The van der Waals surface area contributed by atoms with Crippen molar-refractivity contribution in [2.24, 2.45) is 5.11 Å². The average molecular weight is 648 g/mol. The zero-order chi connectivity index (χ0) is 31.4. The first kappa shape index (κ1) is 33.9. The molecule has 1 amide bonds. The van der Waals surface area contributed by atoms with Gasteiger partial charge in [-0.15, -0.1) is 0 Å². The summed E-state index contributed by atoms with van der Waals surface area (Å²) in [7, 11) is -11.3. The fourth-order valence-corrected chi connectivity index (χ4v) is 6.01. The molecule has 0 spiro atoms. The van der Waals surface area contributed by atoms with Crippen molar-refractivity contribution >= 4 is 21.6 Å². The number of aromatic amines is 1. The lowest BCUT2D eigenvalue weighted by Gasteiger charge is -2.42. The van der Waals surface area contributed by atoms with E-state index in [1.165, 1.54) is 0 Å². The van der Waals surface area contributed by atoms with Crippen LogP contribution in [0.4, 0.5) is 0 Å². The molecule has 2 fully saturated rings. The lowest BCUT2D eigenvalue weighted by molar-refractivity contribution is -0.247. The Hall–Kier alpha value is -2.56. The number of aromatic nitrogens is 2. The summed E-state index contributed by atoms with van der Waals surface area (Å²) in [6, 6.07) is -0.958. The second kappa shape index (κ2) is 13.8. The van der Waals surface area contributed by atoms with Crippen LogP contribution in [0.15, 0.2) is 27.0 Å². The number of nitrogens with one attached hydrogen (secondary N) is 2. The quantitative estimate of drug-likeness (QED) is 0.0447. The van der Waals surface area contributed by atoms with E-state index in [1.807, 2.05) is 10.3 Å². The van der Waals surface area contributed by atoms with Crippen LogP contribution in [0.1, 0.15) is 6.23 Å². The molecule has 42 heavy (non-hydrogen) atoms. The van der Waals surface area contributed by atoms with Crippen LogP contribution >= 0.6 is 15.6 Å². The Morgan fingerprint density at radius 3 is 2.38 bits per heavy atom. The summed E-state index contributed by atoms with van der Waals surface area (Å²) in [6.45, 7) is -2.85. The monoisotopic (exact) mass is 648 g/mol. The molecule has 2 unspecified atom stereocenters. The van der Waals surface area contributed by atoms with Gasteiger partial charge in [-0.1, -0.05) is 5.11 Å². The Kier molecular flexibility index (Phi) is 11.2. The molecule has 2 aliphatic heterocycles. The first-order chi connectivity index (χ1) is 19.6. The molecule has 3 heterocycles. The minimum atomic E-state index is -5.73. The van der Waals surface area contributed by atoms with Crippen molar-refractivity contribution in [3.05, 3.63) is 43.5 Å². The topological polar surface area (TPSA) is 355 Å². The number of ether oxygens (including phenoxy) is 2. The van der Waals surface area contributed by atoms with Crippen molar-refractivity contribution in [3.8, 4) is 0 Å². The number of aliphatic hydroxyl groups excluding tert-OH is 5. The highest BCUT2D eigenvalue weighted by molar-refractivity contribution is 7.61. The predicted octanol–water partition coefficient (Wildman–Crippen LogP) is -4.36. The summed E-state index contributed by atoms with van der Waals surface area (Å²) < 4.78 is 49.3. The molecule has 236 valence electrons. The number of nitrogens with zero attached hydrogens (tertiary/aromatic N) is 4. The lowest BCUT2D eigenvalue weighted by Crippen LogP contribution is -2.64. The molecule has 0 radical (unpaired) electrons. The first-order valence-electron chi connectivity index (χ1n) is 11.5. The molecule has 2 saturated heterocycles. The molecular weight excluding hydrogens is 622 g/mol. The molecule has 3 rings (SSSR count). The van der Waals surface area contributed by atoms with E-state index in [9.17, 15) is 58.8 Å². The molecular formula is C17H26N6O17P2. The van der Waals surface area contributed by atoms with Crippen molar-refractivity contribution in [2.75, 3.05) is 19.8 Å². The van der Waals surface area contributed by atoms with Crippen LogP contribution in [0.25, 0.3) is 10.4 Å². The van der Waals surface area contributed by atoms with Gasteiger partial charge in [-0.05, 0) is 5.53 Å². The summed E-state index contributed by atoms with van der Waals surface area (Å²) >= 11 is 0. The second-order valence-corrected chi connectivity index (χ2v) is 11.7. The summed E-state index contributed by atoms with van der Waals surface area (Å²) in [5.41, 5.74) is 6.54. The van der Waals surface area contributed by atoms with Crippen LogP contribution in [-0.2, 0) is 36.8 Å². The third-order valence-electron chi connectivity index (χ3n) is 5.79. The largest absolute Gasteiger partial charge is 0.483 e. The number of amides is 1. The van der Waals surface area contributed by atoms with E-state index in [1.54, 1.807) is 0 Å². The molecule has 0 aromatic carbocycles. The standard InChI is InChI=1S/C17H26N6O17P2/c18-22-19-3-9(26)20-10-13(29)11(27)6(4-24)38-16(10)39-42(34,35)40-41(32,33)36-5-7-12(28)14(30)15(37-7)23-2-1-8(25)21-17(23)31/h1-2,6-7,10-16,24,27-30H,3-5H2,(H,20,26)(H,32,33)(H,34,35)(H,21,25,31)/t6-,7-,10-,11-,12-,13-,14-,15-,16-/m1/s1. The third-order valence-corrected chi connectivity index (χ3v) is 8.39. The maximum Gasteiger partial charge on any atom is 0.483 e. The van der Waals surface area contributed by atoms with Gasteiger partial charge in [-0.3, -0.25) is 28.2 Å². The Morgan fingerprint density at radius 2 is 1.76 bits per heavy atom. The molecule has 25 heteroatoms. The van der Waals surface area contributed by atoms with Crippen LogP contribution in [0.2, 0.25) is 0 Å². The summed E-state index contributed by atoms with van der Waals surface area (Å²) in [4.78, 5) is 59.4. The van der Waals surface area contributed by atoms with Crippen molar-refractivity contribution in [2.45, 2.75) is 55.2 Å². The van der Waals surface area contributed by atoms with Crippen molar-refractivity contribution in [1.82, 2.24) is 14.9 Å². The Labute approximate surface area is 232 Å². The van der Waals surface area contributed by atoms with Crippen LogP contribution < -0.4 is 16.6 Å². The maximum atomic E-state index is 12.5. The Balaban J connectivity index is 1.67. The number of phosphoric ester groups is 2. The maximum absolute atomic E-state index is 12.5. The lowest BCUT2D eigenvalue weighted by atomic mass is 9.97. The molecule has 1 aromatic rings. The molecule has 0 aliphatic carbocycles. The molecule has 11 atom stereocenters. The van der Waals surface area contributed by atoms with Gasteiger partial charge in [0, 0.05) is 17.2 Å². The van der Waals surface area contributed by atoms with Gasteiger partial charge in [0.1, 0.15) is 49.2 Å². The van der Waals surface area contributed by atoms with Crippen LogP contribution in [0.3, 0.4) is 0 Å². The molecule has 2 aliphatic rings. The first-order valence-corrected chi connectivity index (χ1v) is 14.5. The number of hydrogen-bond acceptors (Lipinski definition) is 16. The van der Waals surface area contributed by atoms with Crippen molar-refractivity contribution < 1.29 is 72.1 Å². The number of azide groups is 1. The fourth-order valence-electron chi connectivity index (χ4n) is 3.85. The van der Waals surface area contributed by atoms with Gasteiger partial charge in [0.25, 0.3) is 5.56 Å². The Morgan fingerprint density at radius 1 is 1.10 bits per heavy atom. The molecule has 0 bridgehead atoms. The highest BCUT2D eigenvalue weighted by atomic mass is 31.3. The smallest absolute Gasteiger partial charge is 0.394 e. The van der Waals surface area contributed by atoms with E-state index in [0.29, 0.717) is 4.57 Å². The second-order valence-electron chi connectivity index (χ2n) is 8.67. The minimum Gasteiger partial charge on any atom is -0.394 e. The number of hydrogen-bond donors (Lipinski definition) is 9. The van der Waals surface area contributed by atoms with E-state index in [4.69, 9.17) is 15.0 Å². The van der Waals surface area contributed by atoms with E-state index in [0.717, 1.165) is 12.3 Å². The van der Waals surface area contributed by atoms with Gasteiger partial charge in [-0.2, -0.15) is 4.31 Å². The van der Waals surface area contributed by atoms with Gasteiger partial charge in [0.2, 0.25) is 5.91 Å². The van der Waals surface area contributed by atoms with Crippen LogP contribution in [-0.4, -0.2) is 119 Å². The number of carbonyl (C=O) groups is 1. The van der Waals surface area contributed by atoms with Gasteiger partial charge in [0.05, 0.1) is 13.2 Å². The minimum absolute atomic E-state index is 0.705. The third kappa shape index (κ3) is 8.29. The van der Waals surface area contributed by atoms with E-state index >= 15 is 0 Å². The summed E-state index contributed by atoms with van der Waals surface area (Å²) in [5, 5.41) is 55.1. The van der Waals surface area contributed by atoms with E-state index < -0.39 is 108 Å². The number of phosphoric acid groups is 2. The van der Waals surface area contributed by atoms with Crippen LogP contribution in [0, 0.1) is 0 Å². The zero-order valence-corrected chi connectivity index (χ0v) is 22.7. The predicted molar refractivity (Wildman–Crippen MR) is 129 cm³/mol. The van der Waals surface area contributed by atoms with Crippen LogP contribution in [0.5, 0.6) is 0 Å². The Bertz CT molecular complexity index is 1380. The summed E-state index contributed by atoms with van der Waals surface area (Å²) in [6.07, 6.45) is -13.6. The highest BCUT2D eigenvalue weighted by Gasteiger charge is 2.50. The van der Waals surface area contributed by atoms with Gasteiger partial charge >= 0.3 is 21.3 Å². The number of carbonyl (C=O) groups excluding carboxylic acids is 1. The summed E-state index contributed by atoms with van der Waals surface area (Å²) in [5.74, 6) is -1.08. The number of rotatable bonds is 12. The highest BCUT2D eigenvalue weighted by Crippen LogP contribution is 2.61. The number of H-pyrrole nitrogens is 1. The molecule has 23 nitrogen and oxygen atoms in total. The van der Waals surface area contributed by atoms with Crippen molar-refractivity contribution in [3.63, 3.8) is 0 Å². The van der Waals surface area contributed by atoms with E-state index in [2.05, 4.69) is 23.4 Å². The van der Waals surface area contributed by atoms with E-state index in [-0.39, 0.29) is 0 Å². The normalized spacial score (nSPS) is 34.1. The number of aliphatic hydroxyl groups is 5. The van der Waals surface area contributed by atoms with Gasteiger partial charge in [0.15, 0.2) is 12.5 Å². The average Bonchev–Trinajstić information content (AvgIpc) is 3.18. The van der Waals surface area contributed by atoms with Crippen molar-refractivity contribution in [1.29, 1.82) is 0 Å².